The molecule has 2 N–H and O–H groups in total. The van der Waals surface area contributed by atoms with Crippen LogP contribution in [0.4, 0.5) is 26.4 Å². The molecule has 0 radical (unpaired) electrons. The van der Waals surface area contributed by atoms with E-state index in [-0.39, 0.29) is 11.8 Å². The first-order chi connectivity index (χ1) is 21.6. The third-order valence-electron chi connectivity index (χ3n) is 7.87. The van der Waals surface area contributed by atoms with Crippen LogP contribution in [0.25, 0.3) is 22.6 Å². The number of hydrogen-bond donors (Lipinski definition) is 2. The van der Waals surface area contributed by atoms with Gasteiger partial charge in [0, 0.05) is 55.6 Å². The summed E-state index contributed by atoms with van der Waals surface area (Å²) in [6.45, 7) is 5.96. The minimum Gasteiger partial charge on any atom is -0.378 e. The topological polar surface area (TPSA) is 113 Å². The van der Waals surface area contributed by atoms with Crippen molar-refractivity contribution < 1.29 is 13.9 Å². The predicted molar refractivity (Wildman–Crippen MR) is 166 cm³/mol. The highest BCUT2D eigenvalue weighted by Gasteiger charge is 2.29. The molecule has 2 fully saturated rings. The van der Waals surface area contributed by atoms with E-state index >= 15 is 0 Å². The second-order valence-corrected chi connectivity index (χ2v) is 11.1. The number of urea groups is 1. The number of amides is 2. The number of para-hydroxylation sites is 1. The van der Waals surface area contributed by atoms with E-state index in [4.69, 9.17) is 14.7 Å². The summed E-state index contributed by atoms with van der Waals surface area (Å²) in [6.07, 6.45) is 0. The summed E-state index contributed by atoms with van der Waals surface area (Å²) in [7, 11) is 0. The number of rotatable bonds is 8. The van der Waals surface area contributed by atoms with Gasteiger partial charge >= 0.3 is 6.03 Å². The van der Waals surface area contributed by atoms with Gasteiger partial charge in [0.2, 0.25) is 0 Å². The van der Waals surface area contributed by atoms with Crippen molar-refractivity contribution in [1.29, 1.82) is 0 Å². The minimum absolute atomic E-state index is 0.218. The monoisotopic (exact) mass is 593 g/mol. The molecule has 7 rings (SSSR count). The van der Waals surface area contributed by atoms with Crippen LogP contribution in [0.5, 0.6) is 0 Å². The first-order valence-electron chi connectivity index (χ1n) is 14.7. The first kappa shape index (κ1) is 27.9. The lowest BCUT2D eigenvalue weighted by Gasteiger charge is -2.39. The molecule has 224 valence electrons. The third kappa shape index (κ3) is 6.21. The average Bonchev–Trinajstić information content (AvgIpc) is 3.44. The molecule has 0 atom stereocenters. The third-order valence-corrected chi connectivity index (χ3v) is 7.87. The number of carbonyl (C=O) groups excluding carboxylic acids is 1. The zero-order valence-electron chi connectivity index (χ0n) is 24.1. The Bertz CT molecular complexity index is 1730. The van der Waals surface area contributed by atoms with Crippen molar-refractivity contribution in [2.24, 2.45) is 5.92 Å². The van der Waals surface area contributed by atoms with Gasteiger partial charge in [-0.1, -0.05) is 35.5 Å². The van der Waals surface area contributed by atoms with Crippen molar-refractivity contribution >= 4 is 34.4 Å². The maximum atomic E-state index is 13.3. The fourth-order valence-electron chi connectivity index (χ4n) is 5.62. The van der Waals surface area contributed by atoms with Crippen LogP contribution in [0, 0.1) is 11.7 Å². The van der Waals surface area contributed by atoms with E-state index in [1.54, 1.807) is 0 Å². The van der Waals surface area contributed by atoms with E-state index in [2.05, 4.69) is 30.7 Å². The zero-order chi connectivity index (χ0) is 29.9. The van der Waals surface area contributed by atoms with E-state index in [9.17, 15) is 9.18 Å². The second kappa shape index (κ2) is 12.3. The number of benzene rings is 3. The fourth-order valence-corrected chi connectivity index (χ4v) is 5.62. The molecule has 3 aromatic carbocycles. The van der Waals surface area contributed by atoms with Gasteiger partial charge in [-0.2, -0.15) is 0 Å². The molecule has 44 heavy (non-hydrogen) atoms. The SMILES string of the molecule is O=C(Nc1ccccc1)Nc1ccc(-c2nc(N3CCOCC3)c3nnn(CC4CN(Cc5ccc(F)cc5)C4)c3n2)cc1. The van der Waals surface area contributed by atoms with Crippen LogP contribution in [-0.2, 0) is 17.8 Å². The Hall–Kier alpha value is -4.94. The summed E-state index contributed by atoms with van der Waals surface area (Å²) in [5.74, 6) is 1.49. The van der Waals surface area contributed by atoms with E-state index in [0.717, 1.165) is 36.6 Å². The standard InChI is InChI=1S/C32H32FN9O2/c33-25-10-6-22(7-11-25)18-40-19-23(20-40)21-42-31-28(38-39-42)30(41-14-16-44-17-15-41)36-29(37-31)24-8-12-27(13-9-24)35-32(43)34-26-4-2-1-3-5-26/h1-13,23H,14-21H2,(H2,34,35,43). The van der Waals surface area contributed by atoms with Gasteiger partial charge in [-0.05, 0) is 54.1 Å². The van der Waals surface area contributed by atoms with Crippen LogP contribution in [0.2, 0.25) is 0 Å². The summed E-state index contributed by atoms with van der Waals surface area (Å²) in [4.78, 5) is 26.8. The zero-order valence-corrected chi connectivity index (χ0v) is 24.1. The Labute approximate surface area is 253 Å². The van der Waals surface area contributed by atoms with Gasteiger partial charge < -0.3 is 20.3 Å². The molecule has 2 aromatic heterocycles. The van der Waals surface area contributed by atoms with E-state index < -0.39 is 0 Å². The van der Waals surface area contributed by atoms with Crippen LogP contribution in [0.15, 0.2) is 78.9 Å². The molecule has 12 heteroatoms. The molecule has 0 unspecified atom stereocenters. The number of likely N-dealkylation sites (tertiary alicyclic amines) is 1. The molecule has 4 heterocycles. The Morgan fingerprint density at radius 2 is 1.59 bits per heavy atom. The highest BCUT2D eigenvalue weighted by Crippen LogP contribution is 2.29. The van der Waals surface area contributed by atoms with Crippen LogP contribution in [0.3, 0.4) is 0 Å². The molecule has 11 nitrogen and oxygen atoms in total. The van der Waals surface area contributed by atoms with Crippen LogP contribution in [0.1, 0.15) is 5.56 Å². The number of hydrogen-bond acceptors (Lipinski definition) is 8. The van der Waals surface area contributed by atoms with E-state index in [0.29, 0.717) is 67.1 Å². The predicted octanol–water partition coefficient (Wildman–Crippen LogP) is 4.64. The smallest absolute Gasteiger partial charge is 0.323 e. The molecule has 2 aliphatic heterocycles. The molecule has 2 saturated heterocycles. The number of halogens is 1. The molecule has 2 aliphatic rings. The highest BCUT2D eigenvalue weighted by molar-refractivity contribution is 5.99. The van der Waals surface area contributed by atoms with Gasteiger partial charge in [-0.15, -0.1) is 5.10 Å². The molecular weight excluding hydrogens is 561 g/mol. The number of nitrogens with one attached hydrogen (secondary N) is 2. The van der Waals surface area contributed by atoms with Gasteiger partial charge in [0.15, 0.2) is 22.8 Å². The van der Waals surface area contributed by atoms with E-state index in [1.165, 1.54) is 12.1 Å². The summed E-state index contributed by atoms with van der Waals surface area (Å²) >= 11 is 0. The van der Waals surface area contributed by atoms with Gasteiger partial charge in [0.1, 0.15) is 5.82 Å². The van der Waals surface area contributed by atoms with Crippen molar-refractivity contribution in [3.05, 3.63) is 90.2 Å². The molecule has 5 aromatic rings. The lowest BCUT2D eigenvalue weighted by atomic mass is 9.99. The van der Waals surface area contributed by atoms with Gasteiger partial charge in [0.05, 0.1) is 19.8 Å². The molecule has 0 saturated carbocycles. The van der Waals surface area contributed by atoms with Crippen LogP contribution >= 0.6 is 0 Å². The van der Waals surface area contributed by atoms with Crippen LogP contribution in [-0.4, -0.2) is 75.3 Å². The Balaban J connectivity index is 1.09. The first-order valence-corrected chi connectivity index (χ1v) is 14.7. The van der Waals surface area contributed by atoms with Crippen molar-refractivity contribution in [2.75, 3.05) is 54.9 Å². The largest absolute Gasteiger partial charge is 0.378 e. The molecule has 0 spiro atoms. The van der Waals surface area contributed by atoms with Crippen molar-refractivity contribution in [1.82, 2.24) is 29.9 Å². The number of carbonyl (C=O) groups is 1. The minimum atomic E-state index is -0.321. The maximum absolute atomic E-state index is 13.3. The lowest BCUT2D eigenvalue weighted by molar-refractivity contribution is 0.0781. The number of fused-ring (bicyclic) bond motifs is 1. The number of nitrogens with zero attached hydrogens (tertiary/aromatic N) is 7. The summed E-state index contributed by atoms with van der Waals surface area (Å²) < 4.78 is 20.7. The number of aromatic nitrogens is 5. The molecular formula is C32H32FN9O2. The van der Waals surface area contributed by atoms with Crippen molar-refractivity contribution in [3.8, 4) is 11.4 Å². The van der Waals surface area contributed by atoms with Crippen LogP contribution < -0.4 is 15.5 Å². The number of morpholine rings is 1. The van der Waals surface area contributed by atoms with Gasteiger partial charge in [0.25, 0.3) is 0 Å². The summed E-state index contributed by atoms with van der Waals surface area (Å²) in [5.41, 5.74) is 4.65. The summed E-state index contributed by atoms with van der Waals surface area (Å²) in [6, 6.07) is 23.1. The Morgan fingerprint density at radius 3 is 2.32 bits per heavy atom. The highest BCUT2D eigenvalue weighted by atomic mass is 19.1. The number of anilines is 3. The van der Waals surface area contributed by atoms with Gasteiger partial charge in [-0.3, -0.25) is 4.90 Å². The maximum Gasteiger partial charge on any atom is 0.323 e. The average molecular weight is 594 g/mol. The Morgan fingerprint density at radius 1 is 0.886 bits per heavy atom. The quantitative estimate of drug-likeness (QED) is 0.268. The lowest BCUT2D eigenvalue weighted by Crippen LogP contribution is -2.47. The fraction of sp³-hybridized carbons (Fsp3) is 0.281. The summed E-state index contributed by atoms with van der Waals surface area (Å²) in [5, 5.41) is 14.7. The molecule has 0 bridgehead atoms. The second-order valence-electron chi connectivity index (χ2n) is 11.1. The van der Waals surface area contributed by atoms with E-state index in [1.807, 2.05) is 71.4 Å². The van der Waals surface area contributed by atoms with Crippen molar-refractivity contribution in [3.63, 3.8) is 0 Å². The number of ether oxygens (including phenoxy) is 1. The van der Waals surface area contributed by atoms with Gasteiger partial charge in [-0.25, -0.2) is 23.8 Å². The normalized spacial score (nSPS) is 15.7. The molecule has 2 amide bonds. The molecule has 0 aliphatic carbocycles. The van der Waals surface area contributed by atoms with Crippen molar-refractivity contribution in [2.45, 2.75) is 13.1 Å². The Kier molecular flexibility index (Phi) is 7.82.